The summed E-state index contributed by atoms with van der Waals surface area (Å²) in [5.74, 6) is 0.775. The second-order valence-electron chi connectivity index (χ2n) is 8.53. The lowest BCUT2D eigenvalue weighted by Crippen LogP contribution is -2.41. The van der Waals surface area contributed by atoms with E-state index in [-0.39, 0.29) is 29.4 Å². The van der Waals surface area contributed by atoms with Crippen LogP contribution in [0.15, 0.2) is 97.1 Å². The lowest BCUT2D eigenvalue weighted by molar-refractivity contribution is -0.384. The van der Waals surface area contributed by atoms with E-state index in [2.05, 4.69) is 10.6 Å². The van der Waals surface area contributed by atoms with E-state index in [1.807, 2.05) is 49.4 Å². The first-order valence-corrected chi connectivity index (χ1v) is 12.4. The van der Waals surface area contributed by atoms with Crippen LogP contribution in [0.1, 0.15) is 15.9 Å². The second-order valence-corrected chi connectivity index (χ2v) is 8.94. The summed E-state index contributed by atoms with van der Waals surface area (Å²) in [7, 11) is 0. The minimum Gasteiger partial charge on any atom is -0.457 e. The van der Waals surface area contributed by atoms with Crippen molar-refractivity contribution in [3.05, 3.63) is 123 Å². The molecule has 0 fully saturated rings. The number of benzene rings is 4. The molecule has 0 radical (unpaired) electrons. The van der Waals surface area contributed by atoms with E-state index >= 15 is 0 Å². The van der Waals surface area contributed by atoms with Crippen LogP contribution >= 0.6 is 11.6 Å². The Labute approximate surface area is 230 Å². The Bertz CT molecular complexity index is 1460. The van der Waals surface area contributed by atoms with Crippen LogP contribution in [0.25, 0.3) is 0 Å². The third kappa shape index (κ3) is 7.33. The number of hydrogen-bond donors (Lipinski definition) is 2. The van der Waals surface area contributed by atoms with Crippen molar-refractivity contribution in [2.24, 2.45) is 0 Å². The third-order valence-electron chi connectivity index (χ3n) is 5.70. The van der Waals surface area contributed by atoms with Gasteiger partial charge in [0.25, 0.3) is 11.6 Å². The SMILES string of the molecule is Cc1ccc(NC(=O)N(CCNC(=O)c2ccc([N+](=O)[O-])cc2Cl)c2ccc(Oc3ccccc3)cc2)cc1. The highest BCUT2D eigenvalue weighted by atomic mass is 35.5. The van der Waals surface area contributed by atoms with Crippen molar-refractivity contribution in [1.29, 1.82) is 0 Å². The normalized spacial score (nSPS) is 10.4. The number of aryl methyl sites for hydroxylation is 1. The van der Waals surface area contributed by atoms with Crippen LogP contribution in [0.5, 0.6) is 11.5 Å². The number of nitro benzene ring substituents is 1. The maximum absolute atomic E-state index is 13.3. The van der Waals surface area contributed by atoms with Crippen LogP contribution < -0.4 is 20.3 Å². The number of carbonyl (C=O) groups is 2. The van der Waals surface area contributed by atoms with Crippen LogP contribution in [0, 0.1) is 17.0 Å². The van der Waals surface area contributed by atoms with Crippen LogP contribution in [-0.2, 0) is 0 Å². The quantitative estimate of drug-likeness (QED) is 0.177. The van der Waals surface area contributed by atoms with Gasteiger partial charge in [0.1, 0.15) is 11.5 Å². The van der Waals surface area contributed by atoms with Gasteiger partial charge in [-0.15, -0.1) is 0 Å². The lowest BCUT2D eigenvalue weighted by atomic mass is 10.2. The number of nitrogens with one attached hydrogen (secondary N) is 2. The number of rotatable bonds is 9. The molecule has 9 nitrogen and oxygen atoms in total. The van der Waals surface area contributed by atoms with E-state index in [0.29, 0.717) is 22.9 Å². The Morgan fingerprint density at radius 3 is 2.23 bits per heavy atom. The minimum atomic E-state index is -0.589. The Balaban J connectivity index is 1.47. The smallest absolute Gasteiger partial charge is 0.326 e. The zero-order valence-corrected chi connectivity index (χ0v) is 21.7. The summed E-state index contributed by atoms with van der Waals surface area (Å²) in [6.07, 6.45) is 0. The van der Waals surface area contributed by atoms with Crippen LogP contribution in [0.4, 0.5) is 21.9 Å². The number of halogens is 1. The van der Waals surface area contributed by atoms with Crippen molar-refractivity contribution in [3.8, 4) is 11.5 Å². The molecule has 4 rings (SSSR count). The van der Waals surface area contributed by atoms with Crippen molar-refractivity contribution in [2.75, 3.05) is 23.3 Å². The number of anilines is 2. The lowest BCUT2D eigenvalue weighted by Gasteiger charge is -2.24. The number of carbonyl (C=O) groups excluding carboxylic acids is 2. The monoisotopic (exact) mass is 544 g/mol. The molecule has 0 saturated heterocycles. The molecule has 39 heavy (non-hydrogen) atoms. The Hall–Kier alpha value is -4.89. The summed E-state index contributed by atoms with van der Waals surface area (Å²) in [4.78, 5) is 37.8. The molecule has 2 N–H and O–H groups in total. The van der Waals surface area contributed by atoms with E-state index in [4.69, 9.17) is 16.3 Å². The molecule has 4 aromatic carbocycles. The van der Waals surface area contributed by atoms with Crippen molar-refractivity contribution < 1.29 is 19.2 Å². The van der Waals surface area contributed by atoms with Crippen molar-refractivity contribution in [3.63, 3.8) is 0 Å². The highest BCUT2D eigenvalue weighted by Gasteiger charge is 2.19. The van der Waals surface area contributed by atoms with Gasteiger partial charge in [0.2, 0.25) is 0 Å². The number of hydrogen-bond acceptors (Lipinski definition) is 5. The highest BCUT2D eigenvalue weighted by Crippen LogP contribution is 2.25. The van der Waals surface area contributed by atoms with Crippen LogP contribution in [0.2, 0.25) is 5.02 Å². The van der Waals surface area contributed by atoms with Gasteiger partial charge in [-0.2, -0.15) is 0 Å². The van der Waals surface area contributed by atoms with E-state index < -0.39 is 16.9 Å². The van der Waals surface area contributed by atoms with E-state index in [9.17, 15) is 19.7 Å². The molecule has 10 heteroatoms. The largest absolute Gasteiger partial charge is 0.457 e. The minimum absolute atomic E-state index is 0.0373. The molecule has 0 aliphatic heterocycles. The number of non-ortho nitro benzene ring substituents is 1. The summed E-state index contributed by atoms with van der Waals surface area (Å²) in [6.45, 7) is 2.18. The summed E-state index contributed by atoms with van der Waals surface area (Å²) < 4.78 is 5.85. The van der Waals surface area contributed by atoms with Gasteiger partial charge < -0.3 is 15.4 Å². The predicted octanol–water partition coefficient (Wildman–Crippen LogP) is 6.82. The molecule has 4 aromatic rings. The summed E-state index contributed by atoms with van der Waals surface area (Å²) in [6, 6.07) is 27.0. The van der Waals surface area contributed by atoms with Gasteiger partial charge in [-0.3, -0.25) is 19.8 Å². The van der Waals surface area contributed by atoms with E-state index in [1.54, 1.807) is 36.4 Å². The highest BCUT2D eigenvalue weighted by molar-refractivity contribution is 6.34. The first-order chi connectivity index (χ1) is 18.8. The van der Waals surface area contributed by atoms with Crippen molar-refractivity contribution >= 4 is 40.6 Å². The van der Waals surface area contributed by atoms with E-state index in [0.717, 1.165) is 11.6 Å². The first kappa shape index (κ1) is 27.2. The molecule has 0 aliphatic rings. The zero-order valence-electron chi connectivity index (χ0n) is 21.0. The topological polar surface area (TPSA) is 114 Å². The number of nitrogens with zero attached hydrogens (tertiary/aromatic N) is 2. The molecule has 0 heterocycles. The van der Waals surface area contributed by atoms with Gasteiger partial charge in [0.05, 0.1) is 15.5 Å². The third-order valence-corrected chi connectivity index (χ3v) is 6.02. The second kappa shape index (κ2) is 12.6. The fraction of sp³-hybridized carbons (Fsp3) is 0.103. The molecular weight excluding hydrogens is 520 g/mol. The number of nitro groups is 1. The standard InChI is InChI=1S/C29H25ClN4O5/c1-20-7-9-21(10-8-20)32-29(36)33(22-11-14-25(15-12-22)39-24-5-3-2-4-6-24)18-17-31-28(35)26-16-13-23(34(37)38)19-27(26)30/h2-16,19H,17-18H2,1H3,(H,31,35)(H,32,36). The van der Waals surface area contributed by atoms with Gasteiger partial charge in [0.15, 0.2) is 0 Å². The molecule has 198 valence electrons. The Kier molecular flexibility index (Phi) is 8.75. The predicted molar refractivity (Wildman–Crippen MR) is 151 cm³/mol. The maximum Gasteiger partial charge on any atom is 0.326 e. The summed E-state index contributed by atoms with van der Waals surface area (Å²) in [5.41, 5.74) is 2.16. The number of ether oxygens (including phenoxy) is 1. The first-order valence-electron chi connectivity index (χ1n) is 12.0. The molecular formula is C29H25ClN4O5. The fourth-order valence-electron chi connectivity index (χ4n) is 3.67. The number of amides is 3. The molecule has 0 saturated carbocycles. The molecule has 3 amide bonds. The Morgan fingerprint density at radius 2 is 1.59 bits per heavy atom. The fourth-order valence-corrected chi connectivity index (χ4v) is 3.93. The number of para-hydroxylation sites is 1. The van der Waals surface area contributed by atoms with Crippen molar-refractivity contribution in [1.82, 2.24) is 5.32 Å². The van der Waals surface area contributed by atoms with Crippen LogP contribution in [0.3, 0.4) is 0 Å². The molecule has 0 atom stereocenters. The molecule has 0 unspecified atom stereocenters. The van der Waals surface area contributed by atoms with Gasteiger partial charge >= 0.3 is 6.03 Å². The van der Waals surface area contributed by atoms with E-state index in [1.165, 1.54) is 17.0 Å². The van der Waals surface area contributed by atoms with Crippen LogP contribution in [-0.4, -0.2) is 30.0 Å². The van der Waals surface area contributed by atoms with Gasteiger partial charge in [-0.1, -0.05) is 47.5 Å². The van der Waals surface area contributed by atoms with Gasteiger partial charge in [0, 0.05) is 36.6 Å². The molecule has 0 aromatic heterocycles. The zero-order chi connectivity index (χ0) is 27.8. The summed E-state index contributed by atoms with van der Waals surface area (Å²) >= 11 is 6.08. The number of urea groups is 1. The maximum atomic E-state index is 13.3. The molecule has 0 bridgehead atoms. The average Bonchev–Trinajstić information content (AvgIpc) is 2.93. The van der Waals surface area contributed by atoms with Crippen molar-refractivity contribution in [2.45, 2.75) is 6.92 Å². The van der Waals surface area contributed by atoms with Gasteiger partial charge in [-0.25, -0.2) is 4.79 Å². The molecule has 0 spiro atoms. The average molecular weight is 545 g/mol. The molecule has 0 aliphatic carbocycles. The van der Waals surface area contributed by atoms with Gasteiger partial charge in [-0.05, 0) is 61.5 Å². The summed E-state index contributed by atoms with van der Waals surface area (Å²) in [5, 5.41) is 16.5. The Morgan fingerprint density at radius 1 is 0.923 bits per heavy atom.